The molecule has 0 aromatic heterocycles. The molecule has 0 aliphatic heterocycles. The first-order valence-electron chi connectivity index (χ1n) is 16.6. The van der Waals surface area contributed by atoms with Gasteiger partial charge in [0.05, 0.1) is 0 Å². The van der Waals surface area contributed by atoms with Gasteiger partial charge < -0.3 is 0 Å². The maximum Gasteiger partial charge on any atom is 0.0130 e. The summed E-state index contributed by atoms with van der Waals surface area (Å²) in [4.78, 5) is 0. The lowest BCUT2D eigenvalue weighted by atomic mass is 9.79. The Morgan fingerprint density at radius 1 is 0.304 bits per heavy atom. The van der Waals surface area contributed by atoms with Crippen molar-refractivity contribution < 1.29 is 0 Å². The van der Waals surface area contributed by atoms with E-state index in [-0.39, 0.29) is 11.8 Å². The van der Waals surface area contributed by atoms with Crippen LogP contribution < -0.4 is 0 Å². The fourth-order valence-corrected chi connectivity index (χ4v) is 7.21. The third-order valence-electron chi connectivity index (χ3n) is 9.89. The Hall–Kier alpha value is -4.94. The molecule has 7 aromatic carbocycles. The Labute approximate surface area is 274 Å². The van der Waals surface area contributed by atoms with Gasteiger partial charge in [0, 0.05) is 11.8 Å². The molecule has 0 heteroatoms. The monoisotopic (exact) mass is 594 g/mol. The molecule has 0 spiro atoms. The van der Waals surface area contributed by atoms with E-state index < -0.39 is 0 Å². The highest BCUT2D eigenvalue weighted by atomic mass is 14.3. The van der Waals surface area contributed by atoms with E-state index in [0.717, 1.165) is 12.8 Å². The minimum atomic E-state index is 0.256. The predicted octanol–water partition coefficient (Wildman–Crippen LogP) is 12.0. The van der Waals surface area contributed by atoms with E-state index in [1.54, 1.807) is 0 Å². The summed E-state index contributed by atoms with van der Waals surface area (Å²) in [5.41, 5.74) is 13.5. The first-order valence-corrected chi connectivity index (χ1v) is 16.6. The van der Waals surface area contributed by atoms with Gasteiger partial charge in [0.1, 0.15) is 0 Å². The van der Waals surface area contributed by atoms with Crippen LogP contribution in [0.2, 0.25) is 0 Å². The maximum absolute atomic E-state index is 2.36. The Morgan fingerprint density at radius 2 is 0.522 bits per heavy atom. The van der Waals surface area contributed by atoms with Crippen molar-refractivity contribution in [3.63, 3.8) is 0 Å². The van der Waals surface area contributed by atoms with Gasteiger partial charge in [0.25, 0.3) is 0 Å². The molecule has 0 aliphatic carbocycles. The molecule has 0 unspecified atom stereocenters. The van der Waals surface area contributed by atoms with E-state index in [1.165, 1.54) is 77.2 Å². The highest BCUT2D eigenvalue weighted by Crippen LogP contribution is 2.41. The Bertz CT molecular complexity index is 1790. The molecule has 0 N–H and O–H groups in total. The molecule has 0 atom stereocenters. The van der Waals surface area contributed by atoms with Gasteiger partial charge in [-0.3, -0.25) is 0 Å². The van der Waals surface area contributed by atoms with Gasteiger partial charge in [-0.15, -0.1) is 0 Å². The van der Waals surface area contributed by atoms with Crippen LogP contribution in [0, 0.1) is 27.7 Å². The van der Waals surface area contributed by atoms with Crippen LogP contribution in [0.4, 0.5) is 0 Å². The summed E-state index contributed by atoms with van der Waals surface area (Å²) < 4.78 is 0. The van der Waals surface area contributed by atoms with Crippen LogP contribution in [0.5, 0.6) is 0 Å². The molecule has 46 heavy (non-hydrogen) atoms. The fourth-order valence-electron chi connectivity index (χ4n) is 7.21. The molecule has 7 aromatic rings. The second kappa shape index (κ2) is 12.8. The minimum absolute atomic E-state index is 0.256. The first kappa shape index (κ1) is 29.8. The zero-order valence-electron chi connectivity index (χ0n) is 27.4. The fraction of sp³-hybridized carbons (Fsp3) is 0.174. The molecule has 0 nitrogen and oxygen atoms in total. The predicted molar refractivity (Wildman–Crippen MR) is 197 cm³/mol. The van der Waals surface area contributed by atoms with Gasteiger partial charge >= 0.3 is 0 Å². The molecule has 0 saturated carbocycles. The molecular formula is C46H42. The Balaban J connectivity index is 1.41. The van der Waals surface area contributed by atoms with Crippen LogP contribution in [0.15, 0.2) is 146 Å². The lowest BCUT2D eigenvalue weighted by molar-refractivity contribution is 0.807. The number of fused-ring (bicyclic) bond motifs is 2. The lowest BCUT2D eigenvalue weighted by Crippen LogP contribution is -2.09. The summed E-state index contributed by atoms with van der Waals surface area (Å²) in [5.74, 6) is 0.512. The van der Waals surface area contributed by atoms with E-state index in [1.807, 2.05) is 0 Å². The summed E-state index contributed by atoms with van der Waals surface area (Å²) in [7, 11) is 0. The minimum Gasteiger partial charge on any atom is -0.0616 e. The molecular weight excluding hydrogens is 553 g/mol. The smallest absolute Gasteiger partial charge is 0.0130 e. The SMILES string of the molecule is Cc1ccc(C(Cc2c3ccccc3c(CC(c3ccc(C)cc3)c3ccc(C)cc3)c3ccccc23)c2ccc(C)cc2)cc1. The highest BCUT2D eigenvalue weighted by molar-refractivity contribution is 6.06. The second-order valence-corrected chi connectivity index (χ2v) is 13.2. The molecule has 226 valence electrons. The zero-order valence-corrected chi connectivity index (χ0v) is 27.4. The number of hydrogen-bond donors (Lipinski definition) is 0. The number of hydrogen-bond acceptors (Lipinski definition) is 0. The molecule has 7 rings (SSSR count). The van der Waals surface area contributed by atoms with Crippen molar-refractivity contribution in [3.05, 3.63) is 201 Å². The van der Waals surface area contributed by atoms with Crippen LogP contribution in [-0.2, 0) is 12.8 Å². The molecule has 0 amide bonds. The van der Waals surface area contributed by atoms with E-state index in [9.17, 15) is 0 Å². The van der Waals surface area contributed by atoms with Crippen molar-refractivity contribution in [2.45, 2.75) is 52.4 Å². The summed E-state index contributed by atoms with van der Waals surface area (Å²) in [5, 5.41) is 5.47. The number of aryl methyl sites for hydroxylation is 4. The third-order valence-corrected chi connectivity index (χ3v) is 9.89. The molecule has 0 aliphatic rings. The molecule has 0 heterocycles. The van der Waals surface area contributed by atoms with Crippen molar-refractivity contribution in [1.82, 2.24) is 0 Å². The van der Waals surface area contributed by atoms with Crippen LogP contribution in [-0.4, -0.2) is 0 Å². The topological polar surface area (TPSA) is 0 Å². The molecule has 0 saturated heterocycles. The van der Waals surface area contributed by atoms with Gasteiger partial charge in [0.15, 0.2) is 0 Å². The van der Waals surface area contributed by atoms with Crippen LogP contribution in [0.3, 0.4) is 0 Å². The van der Waals surface area contributed by atoms with Gasteiger partial charge in [-0.1, -0.05) is 168 Å². The summed E-state index contributed by atoms with van der Waals surface area (Å²) >= 11 is 0. The third kappa shape index (κ3) is 6.01. The van der Waals surface area contributed by atoms with Crippen molar-refractivity contribution in [3.8, 4) is 0 Å². The standard InChI is InChI=1S/C46H42/c1-31-13-21-35(22-14-31)43(36-23-15-32(2)16-24-36)29-45-39-9-5-7-11-41(39)46(42-12-8-6-10-40(42)45)30-44(37-25-17-33(3)18-26-37)38-27-19-34(4)20-28-38/h5-28,43-44H,29-30H2,1-4H3. The Kier molecular flexibility index (Phi) is 8.29. The number of benzene rings is 7. The van der Waals surface area contributed by atoms with Gasteiger partial charge in [-0.25, -0.2) is 0 Å². The summed E-state index contributed by atoms with van der Waals surface area (Å²) in [6, 6.07) is 54.9. The number of rotatable bonds is 8. The van der Waals surface area contributed by atoms with Crippen LogP contribution in [0.25, 0.3) is 21.5 Å². The average Bonchev–Trinajstić information content (AvgIpc) is 3.08. The summed E-state index contributed by atoms with van der Waals surface area (Å²) in [6.07, 6.45) is 1.87. The quantitative estimate of drug-likeness (QED) is 0.154. The van der Waals surface area contributed by atoms with Gasteiger partial charge in [-0.05, 0) is 95.5 Å². The lowest BCUT2D eigenvalue weighted by Gasteiger charge is -2.25. The van der Waals surface area contributed by atoms with Gasteiger partial charge in [0.2, 0.25) is 0 Å². The Morgan fingerprint density at radius 3 is 0.739 bits per heavy atom. The van der Waals surface area contributed by atoms with Crippen molar-refractivity contribution in [1.29, 1.82) is 0 Å². The zero-order chi connectivity index (χ0) is 31.6. The summed E-state index contributed by atoms with van der Waals surface area (Å²) in [6.45, 7) is 8.69. The van der Waals surface area contributed by atoms with Crippen molar-refractivity contribution >= 4 is 21.5 Å². The molecule has 0 radical (unpaired) electrons. The highest BCUT2D eigenvalue weighted by Gasteiger charge is 2.23. The molecule has 0 fully saturated rings. The average molecular weight is 595 g/mol. The van der Waals surface area contributed by atoms with Crippen molar-refractivity contribution in [2.75, 3.05) is 0 Å². The van der Waals surface area contributed by atoms with E-state index >= 15 is 0 Å². The van der Waals surface area contributed by atoms with E-state index in [4.69, 9.17) is 0 Å². The van der Waals surface area contributed by atoms with Crippen molar-refractivity contribution in [2.24, 2.45) is 0 Å². The second-order valence-electron chi connectivity index (χ2n) is 13.2. The maximum atomic E-state index is 2.36. The van der Waals surface area contributed by atoms with Crippen LogP contribution in [0.1, 0.15) is 67.5 Å². The first-order chi connectivity index (χ1) is 22.4. The van der Waals surface area contributed by atoms with E-state index in [2.05, 4.69) is 173 Å². The van der Waals surface area contributed by atoms with Crippen LogP contribution >= 0.6 is 0 Å². The van der Waals surface area contributed by atoms with E-state index in [0.29, 0.717) is 0 Å². The largest absolute Gasteiger partial charge is 0.0616 e. The molecule has 0 bridgehead atoms. The normalized spacial score (nSPS) is 11.6. The van der Waals surface area contributed by atoms with Gasteiger partial charge in [-0.2, -0.15) is 0 Å².